The normalized spacial score (nSPS) is 11.4. The van der Waals surface area contributed by atoms with Gasteiger partial charge in [-0.3, -0.25) is 4.79 Å². The average Bonchev–Trinajstić information content (AvgIpc) is 2.46. The third kappa shape index (κ3) is 2.72. The Labute approximate surface area is 123 Å². The zero-order valence-electron chi connectivity index (χ0n) is 12.3. The summed E-state index contributed by atoms with van der Waals surface area (Å²) in [4.78, 5) is 29.6. The van der Waals surface area contributed by atoms with Crippen LogP contribution < -0.4 is 0 Å². The van der Waals surface area contributed by atoms with Crippen LogP contribution in [0.3, 0.4) is 0 Å². The van der Waals surface area contributed by atoms with Crippen LogP contribution in [0.4, 0.5) is 0 Å². The summed E-state index contributed by atoms with van der Waals surface area (Å²) < 4.78 is 0. The molecule has 0 aliphatic carbocycles. The fraction of sp³-hybridized carbons (Fsp3) is 0.312. The zero-order chi connectivity index (χ0) is 15.6. The zero-order valence-corrected chi connectivity index (χ0v) is 12.3. The Morgan fingerprint density at radius 3 is 2.48 bits per heavy atom. The number of rotatable bonds is 4. The van der Waals surface area contributed by atoms with E-state index < -0.39 is 11.5 Å². The van der Waals surface area contributed by atoms with Crippen LogP contribution in [0.25, 0.3) is 10.9 Å². The Morgan fingerprint density at radius 1 is 1.19 bits per heavy atom. The van der Waals surface area contributed by atoms with Crippen molar-refractivity contribution >= 4 is 22.8 Å². The van der Waals surface area contributed by atoms with Crippen LogP contribution in [-0.4, -0.2) is 39.0 Å². The van der Waals surface area contributed by atoms with E-state index in [2.05, 4.69) is 4.98 Å². The van der Waals surface area contributed by atoms with E-state index in [4.69, 9.17) is 0 Å². The van der Waals surface area contributed by atoms with Gasteiger partial charge in [-0.05, 0) is 32.9 Å². The summed E-state index contributed by atoms with van der Waals surface area (Å²) in [7, 11) is 0. The standard InChI is InChI=1S/C16H18N2O3/c1-4-18(16(2,3)15(20)21)14(19)13-10-9-11-7-5-6-8-12(11)17-13/h5-10H,4H2,1-3H3,(H,20,21). The Balaban J connectivity index is 2.42. The van der Waals surface area contributed by atoms with Gasteiger partial charge in [0.2, 0.25) is 0 Å². The first kappa shape index (κ1) is 15.0. The van der Waals surface area contributed by atoms with Gasteiger partial charge < -0.3 is 10.0 Å². The van der Waals surface area contributed by atoms with E-state index in [1.807, 2.05) is 30.3 Å². The highest BCUT2D eigenvalue weighted by Crippen LogP contribution is 2.19. The minimum Gasteiger partial charge on any atom is -0.480 e. The van der Waals surface area contributed by atoms with Crippen molar-refractivity contribution in [2.75, 3.05) is 6.54 Å². The third-order valence-electron chi connectivity index (χ3n) is 3.58. The number of fused-ring (bicyclic) bond motifs is 1. The number of carboxylic acid groups (broad SMARTS) is 1. The van der Waals surface area contributed by atoms with Crippen LogP contribution in [0.1, 0.15) is 31.3 Å². The molecule has 110 valence electrons. The summed E-state index contributed by atoms with van der Waals surface area (Å²) in [5.41, 5.74) is -0.309. The highest BCUT2D eigenvalue weighted by Gasteiger charge is 2.37. The number of benzene rings is 1. The fourth-order valence-electron chi connectivity index (χ4n) is 2.23. The number of carbonyl (C=O) groups is 2. The number of pyridine rings is 1. The van der Waals surface area contributed by atoms with E-state index in [9.17, 15) is 14.7 Å². The smallest absolute Gasteiger partial charge is 0.329 e. The second kappa shape index (κ2) is 5.52. The van der Waals surface area contributed by atoms with Gasteiger partial charge in [0.25, 0.3) is 5.91 Å². The molecule has 2 rings (SSSR count). The molecule has 0 atom stereocenters. The summed E-state index contributed by atoms with van der Waals surface area (Å²) >= 11 is 0. The van der Waals surface area contributed by atoms with Crippen molar-refractivity contribution in [2.45, 2.75) is 26.3 Å². The van der Waals surface area contributed by atoms with Crippen molar-refractivity contribution < 1.29 is 14.7 Å². The average molecular weight is 286 g/mol. The van der Waals surface area contributed by atoms with Gasteiger partial charge in [0.05, 0.1) is 5.52 Å². The number of nitrogens with zero attached hydrogens (tertiary/aromatic N) is 2. The lowest BCUT2D eigenvalue weighted by molar-refractivity contribution is -0.147. The maximum absolute atomic E-state index is 12.6. The van der Waals surface area contributed by atoms with Crippen molar-refractivity contribution in [1.82, 2.24) is 9.88 Å². The van der Waals surface area contributed by atoms with Gasteiger partial charge in [-0.2, -0.15) is 0 Å². The Morgan fingerprint density at radius 2 is 1.86 bits per heavy atom. The van der Waals surface area contributed by atoms with Crippen LogP contribution >= 0.6 is 0 Å². The van der Waals surface area contributed by atoms with E-state index in [1.165, 1.54) is 18.7 Å². The molecule has 1 aromatic carbocycles. The summed E-state index contributed by atoms with van der Waals surface area (Å²) in [5, 5.41) is 10.2. The van der Waals surface area contributed by atoms with E-state index in [-0.39, 0.29) is 11.6 Å². The first-order chi connectivity index (χ1) is 9.87. The summed E-state index contributed by atoms with van der Waals surface area (Å²) in [5.74, 6) is -1.42. The SMILES string of the molecule is CCN(C(=O)c1ccc2ccccc2n1)C(C)(C)C(=O)O. The number of hydrogen-bond donors (Lipinski definition) is 1. The van der Waals surface area contributed by atoms with Gasteiger partial charge in [-0.1, -0.05) is 24.3 Å². The largest absolute Gasteiger partial charge is 0.480 e. The van der Waals surface area contributed by atoms with Gasteiger partial charge in [-0.15, -0.1) is 0 Å². The van der Waals surface area contributed by atoms with E-state index in [0.29, 0.717) is 12.1 Å². The monoisotopic (exact) mass is 286 g/mol. The number of likely N-dealkylation sites (N-methyl/N-ethyl adjacent to an activating group) is 1. The molecule has 0 radical (unpaired) electrons. The molecule has 0 aliphatic heterocycles. The Kier molecular flexibility index (Phi) is 3.93. The third-order valence-corrected chi connectivity index (χ3v) is 3.58. The van der Waals surface area contributed by atoms with Crippen LogP contribution in [0.5, 0.6) is 0 Å². The molecule has 0 aliphatic rings. The number of amides is 1. The van der Waals surface area contributed by atoms with Crippen molar-refractivity contribution in [1.29, 1.82) is 0 Å². The molecule has 1 amide bonds. The number of hydrogen-bond acceptors (Lipinski definition) is 3. The Bertz CT molecular complexity index is 695. The Hall–Kier alpha value is -2.43. The predicted molar refractivity (Wildman–Crippen MR) is 80.2 cm³/mol. The minimum absolute atomic E-state index is 0.255. The summed E-state index contributed by atoms with van der Waals surface area (Å²) in [6.07, 6.45) is 0. The van der Waals surface area contributed by atoms with Gasteiger partial charge in [0, 0.05) is 11.9 Å². The van der Waals surface area contributed by atoms with Crippen molar-refractivity contribution in [2.24, 2.45) is 0 Å². The number of aromatic nitrogens is 1. The molecule has 1 N–H and O–H groups in total. The molecular weight excluding hydrogens is 268 g/mol. The van der Waals surface area contributed by atoms with Gasteiger partial charge in [0.1, 0.15) is 11.2 Å². The molecular formula is C16H18N2O3. The molecule has 5 heteroatoms. The predicted octanol–water partition coefficient (Wildman–Crippen LogP) is 2.56. The molecule has 5 nitrogen and oxygen atoms in total. The lowest BCUT2D eigenvalue weighted by Gasteiger charge is -2.33. The molecule has 0 saturated carbocycles. The molecule has 0 bridgehead atoms. The highest BCUT2D eigenvalue weighted by atomic mass is 16.4. The topological polar surface area (TPSA) is 70.5 Å². The maximum Gasteiger partial charge on any atom is 0.329 e. The van der Waals surface area contributed by atoms with Crippen molar-refractivity contribution in [3.63, 3.8) is 0 Å². The molecule has 0 unspecified atom stereocenters. The number of para-hydroxylation sites is 1. The quantitative estimate of drug-likeness (QED) is 0.937. The summed E-state index contributed by atoms with van der Waals surface area (Å²) in [6, 6.07) is 10.9. The lowest BCUT2D eigenvalue weighted by atomic mass is 10.0. The minimum atomic E-state index is -1.28. The first-order valence-electron chi connectivity index (χ1n) is 6.79. The fourth-order valence-corrected chi connectivity index (χ4v) is 2.23. The van der Waals surface area contributed by atoms with Crippen LogP contribution in [0.2, 0.25) is 0 Å². The van der Waals surface area contributed by atoms with E-state index >= 15 is 0 Å². The molecule has 0 saturated heterocycles. The van der Waals surface area contributed by atoms with Crippen LogP contribution in [0.15, 0.2) is 36.4 Å². The second-order valence-electron chi connectivity index (χ2n) is 5.30. The molecule has 21 heavy (non-hydrogen) atoms. The summed E-state index contributed by atoms with van der Waals surface area (Å²) in [6.45, 7) is 5.08. The van der Waals surface area contributed by atoms with E-state index in [0.717, 1.165) is 5.39 Å². The number of carboxylic acids is 1. The molecule has 1 aromatic heterocycles. The van der Waals surface area contributed by atoms with Gasteiger partial charge in [-0.25, -0.2) is 9.78 Å². The van der Waals surface area contributed by atoms with E-state index in [1.54, 1.807) is 13.0 Å². The molecule has 0 spiro atoms. The lowest BCUT2D eigenvalue weighted by Crippen LogP contribution is -2.53. The number of carbonyl (C=O) groups excluding carboxylic acids is 1. The molecule has 0 fully saturated rings. The van der Waals surface area contributed by atoms with Crippen molar-refractivity contribution in [3.05, 3.63) is 42.1 Å². The van der Waals surface area contributed by atoms with Gasteiger partial charge >= 0.3 is 5.97 Å². The van der Waals surface area contributed by atoms with Crippen molar-refractivity contribution in [3.8, 4) is 0 Å². The molecule has 2 aromatic rings. The van der Waals surface area contributed by atoms with Crippen LogP contribution in [0, 0.1) is 0 Å². The number of aliphatic carboxylic acids is 1. The van der Waals surface area contributed by atoms with Crippen LogP contribution in [-0.2, 0) is 4.79 Å². The highest BCUT2D eigenvalue weighted by molar-refractivity contribution is 5.97. The second-order valence-corrected chi connectivity index (χ2v) is 5.30. The molecule has 1 heterocycles. The first-order valence-corrected chi connectivity index (χ1v) is 6.79. The van der Waals surface area contributed by atoms with Gasteiger partial charge in [0.15, 0.2) is 0 Å². The maximum atomic E-state index is 12.6.